The van der Waals surface area contributed by atoms with Gasteiger partial charge in [0.25, 0.3) is 0 Å². The zero-order valence-electron chi connectivity index (χ0n) is 13.7. The van der Waals surface area contributed by atoms with Gasteiger partial charge in [-0.3, -0.25) is 0 Å². The number of fused-ring (bicyclic) bond motifs is 1. The minimum atomic E-state index is 0.872. The fraction of sp³-hybridized carbons (Fsp3) is 0.556. The molecule has 0 radical (unpaired) electrons. The van der Waals surface area contributed by atoms with Crippen LogP contribution < -0.4 is 5.32 Å². The Morgan fingerprint density at radius 3 is 2.68 bits per heavy atom. The molecule has 3 nitrogen and oxygen atoms in total. The average Bonchev–Trinajstić information content (AvgIpc) is 2.89. The molecule has 0 aliphatic carbocycles. The Morgan fingerprint density at radius 1 is 1.18 bits per heavy atom. The smallest absolute Gasteiger partial charge is 0.0527 e. The molecule has 2 aromatic rings. The minimum absolute atomic E-state index is 0.872. The molecule has 2 heterocycles. The molecule has 0 unspecified atom stereocenters. The summed E-state index contributed by atoms with van der Waals surface area (Å²) >= 11 is 6.34. The SMILES string of the molecule is CCCn1cc(CCN2CCNCC2)c2ccc(Cl)c(C)c21. The molecular formula is C18H26ClN3. The normalized spacial score (nSPS) is 16.5. The number of rotatable bonds is 5. The van der Waals surface area contributed by atoms with Gasteiger partial charge in [0.2, 0.25) is 0 Å². The molecule has 1 fully saturated rings. The predicted molar refractivity (Wildman–Crippen MR) is 95.0 cm³/mol. The quantitative estimate of drug-likeness (QED) is 0.910. The first-order chi connectivity index (χ1) is 10.7. The maximum absolute atomic E-state index is 6.34. The third-order valence-electron chi connectivity index (χ3n) is 4.68. The summed E-state index contributed by atoms with van der Waals surface area (Å²) in [5.41, 5.74) is 3.99. The van der Waals surface area contributed by atoms with Crippen molar-refractivity contribution in [3.05, 3.63) is 34.5 Å². The Kier molecular flexibility index (Phi) is 5.07. The second kappa shape index (κ2) is 7.03. The summed E-state index contributed by atoms with van der Waals surface area (Å²) in [6.45, 7) is 11.1. The first-order valence-corrected chi connectivity index (χ1v) is 8.78. The van der Waals surface area contributed by atoms with Crippen LogP contribution in [0.15, 0.2) is 18.3 Å². The molecule has 0 spiro atoms. The van der Waals surface area contributed by atoms with Gasteiger partial charge in [0, 0.05) is 55.9 Å². The highest BCUT2D eigenvalue weighted by molar-refractivity contribution is 6.32. The second-order valence-electron chi connectivity index (χ2n) is 6.26. The molecule has 0 amide bonds. The lowest BCUT2D eigenvalue weighted by Crippen LogP contribution is -2.44. The zero-order valence-corrected chi connectivity index (χ0v) is 14.4. The number of aromatic nitrogens is 1. The van der Waals surface area contributed by atoms with Crippen LogP contribution >= 0.6 is 11.6 Å². The van der Waals surface area contributed by atoms with Crippen LogP contribution in [0.25, 0.3) is 10.9 Å². The molecule has 0 saturated carbocycles. The van der Waals surface area contributed by atoms with Gasteiger partial charge in [0.1, 0.15) is 0 Å². The second-order valence-corrected chi connectivity index (χ2v) is 6.67. The Hall–Kier alpha value is -1.03. The Labute approximate surface area is 138 Å². The summed E-state index contributed by atoms with van der Waals surface area (Å²) in [7, 11) is 0. The van der Waals surface area contributed by atoms with Crippen molar-refractivity contribution >= 4 is 22.5 Å². The fourth-order valence-electron chi connectivity index (χ4n) is 3.46. The summed E-state index contributed by atoms with van der Waals surface area (Å²) in [5.74, 6) is 0. The number of hydrogen-bond acceptors (Lipinski definition) is 2. The van der Waals surface area contributed by atoms with Crippen molar-refractivity contribution in [2.75, 3.05) is 32.7 Å². The number of aryl methyl sites for hydroxylation is 2. The van der Waals surface area contributed by atoms with Crippen LogP contribution in [0.5, 0.6) is 0 Å². The molecule has 0 atom stereocenters. The lowest BCUT2D eigenvalue weighted by atomic mass is 10.1. The molecule has 1 aliphatic heterocycles. The van der Waals surface area contributed by atoms with E-state index in [4.69, 9.17) is 11.6 Å². The lowest BCUT2D eigenvalue weighted by Gasteiger charge is -2.26. The van der Waals surface area contributed by atoms with E-state index in [1.807, 2.05) is 6.07 Å². The molecular weight excluding hydrogens is 294 g/mol. The van der Waals surface area contributed by atoms with E-state index in [1.54, 1.807) is 0 Å². The van der Waals surface area contributed by atoms with E-state index >= 15 is 0 Å². The Bertz CT molecular complexity index is 641. The molecule has 120 valence electrons. The van der Waals surface area contributed by atoms with Crippen molar-refractivity contribution < 1.29 is 0 Å². The van der Waals surface area contributed by atoms with Gasteiger partial charge in [-0.2, -0.15) is 0 Å². The van der Waals surface area contributed by atoms with Gasteiger partial charge in [0.05, 0.1) is 5.52 Å². The lowest BCUT2D eigenvalue weighted by molar-refractivity contribution is 0.244. The van der Waals surface area contributed by atoms with E-state index < -0.39 is 0 Å². The number of piperazine rings is 1. The van der Waals surface area contributed by atoms with Crippen LogP contribution in [0.3, 0.4) is 0 Å². The van der Waals surface area contributed by atoms with Crippen molar-refractivity contribution in [2.24, 2.45) is 0 Å². The van der Waals surface area contributed by atoms with Crippen LogP contribution in [0.4, 0.5) is 0 Å². The van der Waals surface area contributed by atoms with Crippen molar-refractivity contribution in [3.8, 4) is 0 Å². The largest absolute Gasteiger partial charge is 0.347 e. The molecule has 1 N–H and O–H groups in total. The average molecular weight is 320 g/mol. The highest BCUT2D eigenvalue weighted by atomic mass is 35.5. The molecule has 22 heavy (non-hydrogen) atoms. The summed E-state index contributed by atoms with van der Waals surface area (Å²) in [4.78, 5) is 2.56. The molecule has 1 saturated heterocycles. The van der Waals surface area contributed by atoms with Crippen LogP contribution in [0.2, 0.25) is 5.02 Å². The van der Waals surface area contributed by atoms with E-state index in [0.717, 1.165) is 44.0 Å². The van der Waals surface area contributed by atoms with Crippen LogP contribution in [-0.2, 0) is 13.0 Å². The van der Waals surface area contributed by atoms with E-state index in [0.29, 0.717) is 0 Å². The van der Waals surface area contributed by atoms with Gasteiger partial charge in [-0.1, -0.05) is 24.6 Å². The van der Waals surface area contributed by atoms with Gasteiger partial charge in [0.15, 0.2) is 0 Å². The van der Waals surface area contributed by atoms with E-state index in [9.17, 15) is 0 Å². The maximum Gasteiger partial charge on any atom is 0.0527 e. The zero-order chi connectivity index (χ0) is 15.5. The molecule has 1 aliphatic rings. The van der Waals surface area contributed by atoms with Gasteiger partial charge in [-0.25, -0.2) is 0 Å². The van der Waals surface area contributed by atoms with Crippen molar-refractivity contribution in [1.82, 2.24) is 14.8 Å². The van der Waals surface area contributed by atoms with E-state index in [2.05, 4.69) is 40.9 Å². The fourth-order valence-corrected chi connectivity index (χ4v) is 3.61. The van der Waals surface area contributed by atoms with Crippen LogP contribution in [-0.4, -0.2) is 42.2 Å². The van der Waals surface area contributed by atoms with Gasteiger partial charge >= 0.3 is 0 Å². The summed E-state index contributed by atoms with van der Waals surface area (Å²) in [6.07, 6.45) is 4.61. The number of halogens is 1. The summed E-state index contributed by atoms with van der Waals surface area (Å²) < 4.78 is 2.39. The number of hydrogen-bond donors (Lipinski definition) is 1. The van der Waals surface area contributed by atoms with Gasteiger partial charge < -0.3 is 14.8 Å². The number of nitrogens with zero attached hydrogens (tertiary/aromatic N) is 2. The Balaban J connectivity index is 1.87. The van der Waals surface area contributed by atoms with Crippen LogP contribution in [0, 0.1) is 6.92 Å². The highest BCUT2D eigenvalue weighted by Gasteiger charge is 2.14. The number of benzene rings is 1. The first kappa shape index (κ1) is 15.9. The van der Waals surface area contributed by atoms with Crippen molar-refractivity contribution in [2.45, 2.75) is 33.2 Å². The minimum Gasteiger partial charge on any atom is -0.347 e. The number of nitrogens with one attached hydrogen (secondary N) is 1. The maximum atomic E-state index is 6.34. The van der Waals surface area contributed by atoms with Gasteiger partial charge in [-0.15, -0.1) is 0 Å². The summed E-state index contributed by atoms with van der Waals surface area (Å²) in [6, 6.07) is 4.24. The molecule has 4 heteroatoms. The van der Waals surface area contributed by atoms with Crippen molar-refractivity contribution in [1.29, 1.82) is 0 Å². The van der Waals surface area contributed by atoms with E-state index in [1.165, 1.54) is 35.1 Å². The standard InChI is InChI=1S/C18H26ClN3/c1-3-9-22-13-15(6-10-21-11-7-20-8-12-21)16-4-5-17(19)14(2)18(16)22/h4-5,13,20H,3,6-12H2,1-2H3. The highest BCUT2D eigenvalue weighted by Crippen LogP contribution is 2.30. The monoisotopic (exact) mass is 319 g/mol. The summed E-state index contributed by atoms with van der Waals surface area (Å²) in [5, 5.41) is 5.67. The van der Waals surface area contributed by atoms with Crippen molar-refractivity contribution in [3.63, 3.8) is 0 Å². The van der Waals surface area contributed by atoms with Crippen LogP contribution in [0.1, 0.15) is 24.5 Å². The molecule has 1 aromatic carbocycles. The van der Waals surface area contributed by atoms with E-state index in [-0.39, 0.29) is 0 Å². The van der Waals surface area contributed by atoms with Gasteiger partial charge in [-0.05, 0) is 37.0 Å². The third kappa shape index (κ3) is 3.17. The molecule has 1 aromatic heterocycles. The Morgan fingerprint density at radius 2 is 1.95 bits per heavy atom. The molecule has 0 bridgehead atoms. The predicted octanol–water partition coefficient (Wildman–Crippen LogP) is 3.46. The topological polar surface area (TPSA) is 20.2 Å². The molecule has 3 rings (SSSR count). The third-order valence-corrected chi connectivity index (χ3v) is 5.09. The first-order valence-electron chi connectivity index (χ1n) is 8.40.